The summed E-state index contributed by atoms with van der Waals surface area (Å²) in [4.78, 5) is 27.9. The van der Waals surface area contributed by atoms with E-state index in [0.717, 1.165) is 0 Å². The molecule has 2 aromatic rings. The van der Waals surface area contributed by atoms with Crippen LogP contribution in [0.2, 0.25) is 0 Å². The first kappa shape index (κ1) is 22.1. The number of carbonyl (C=O) groups excluding carboxylic acids is 2. The fraction of sp³-hybridized carbons (Fsp3) is 0.471. The third-order valence-corrected chi connectivity index (χ3v) is 5.13. The fourth-order valence-electron chi connectivity index (χ4n) is 2.45. The van der Waals surface area contributed by atoms with Gasteiger partial charge in [-0.15, -0.1) is 23.7 Å². The van der Waals surface area contributed by atoms with Crippen molar-refractivity contribution in [3.8, 4) is 11.5 Å². The monoisotopic (exact) mass is 400 g/mol. The van der Waals surface area contributed by atoms with Gasteiger partial charge in [0.15, 0.2) is 10.9 Å². The van der Waals surface area contributed by atoms with Gasteiger partial charge in [-0.2, -0.15) is 0 Å². The molecular formula is C17H25ClN4O3S. The zero-order valence-corrected chi connectivity index (χ0v) is 16.8. The summed E-state index contributed by atoms with van der Waals surface area (Å²) in [5, 5.41) is 7.87. The fourth-order valence-corrected chi connectivity index (χ4v) is 3.14. The van der Waals surface area contributed by atoms with Gasteiger partial charge < -0.3 is 20.8 Å². The first-order valence-electron chi connectivity index (χ1n) is 8.24. The minimum atomic E-state index is -0.567. The lowest BCUT2D eigenvalue weighted by molar-refractivity contribution is -0.125. The number of amides is 2. The molecule has 9 heteroatoms. The molecule has 2 rings (SSSR count). The average molecular weight is 401 g/mol. The zero-order chi connectivity index (χ0) is 18.4. The Balaban J connectivity index is 0.00000338. The maximum Gasteiger partial charge on any atom is 0.233 e. The molecule has 0 aliphatic carbocycles. The predicted octanol–water partition coefficient (Wildman–Crippen LogP) is 3.16. The van der Waals surface area contributed by atoms with E-state index >= 15 is 0 Å². The van der Waals surface area contributed by atoms with Crippen molar-refractivity contribution in [3.05, 3.63) is 23.3 Å². The zero-order valence-electron chi connectivity index (χ0n) is 15.1. The van der Waals surface area contributed by atoms with E-state index in [-0.39, 0.29) is 24.2 Å². The second kappa shape index (κ2) is 9.70. The number of nitrogens with two attached hydrogens (primary N) is 1. The van der Waals surface area contributed by atoms with Crippen molar-refractivity contribution in [2.45, 2.75) is 40.2 Å². The lowest BCUT2D eigenvalue weighted by atomic mass is 9.81. The number of hydrogen-bond donors (Lipinski definition) is 3. The third-order valence-electron chi connectivity index (χ3n) is 4.38. The Bertz CT molecular complexity index is 732. The van der Waals surface area contributed by atoms with E-state index in [1.54, 1.807) is 12.1 Å². The molecule has 4 N–H and O–H groups in total. The third kappa shape index (κ3) is 5.06. The number of anilines is 1. The van der Waals surface area contributed by atoms with Crippen LogP contribution in [0.25, 0.3) is 11.5 Å². The molecular weight excluding hydrogens is 376 g/mol. The SMILES string of the molecule is CCC(CC)(CN)C(=O)Nc1nc(-c2ccc(CNC(C)=O)o2)cs1.Cl. The Labute approximate surface area is 163 Å². The summed E-state index contributed by atoms with van der Waals surface area (Å²) < 4.78 is 5.67. The first-order valence-corrected chi connectivity index (χ1v) is 9.12. The standard InChI is InChI=1S/C17H24N4O3S.ClH/c1-4-17(5-2,10-18)15(23)21-16-20-13(9-25-16)14-7-6-12(24-14)8-19-11(3)22;/h6-7,9H,4-5,8,10,18H2,1-3H3,(H,19,22)(H,20,21,23);1H. The molecule has 0 radical (unpaired) electrons. The molecule has 0 aromatic carbocycles. The van der Waals surface area contributed by atoms with Crippen molar-refractivity contribution >= 4 is 40.7 Å². The van der Waals surface area contributed by atoms with Gasteiger partial charge in [0.2, 0.25) is 11.8 Å². The van der Waals surface area contributed by atoms with Crippen LogP contribution in [0.4, 0.5) is 5.13 Å². The molecule has 2 amide bonds. The predicted molar refractivity (Wildman–Crippen MR) is 105 cm³/mol. The molecule has 7 nitrogen and oxygen atoms in total. The Hall–Kier alpha value is -1.90. The Morgan fingerprint density at radius 1 is 1.31 bits per heavy atom. The van der Waals surface area contributed by atoms with Crippen molar-refractivity contribution in [1.82, 2.24) is 10.3 Å². The van der Waals surface area contributed by atoms with Crippen LogP contribution < -0.4 is 16.4 Å². The van der Waals surface area contributed by atoms with Crippen LogP contribution in [-0.4, -0.2) is 23.3 Å². The molecule has 0 unspecified atom stereocenters. The van der Waals surface area contributed by atoms with Crippen LogP contribution in [0.5, 0.6) is 0 Å². The highest BCUT2D eigenvalue weighted by Gasteiger charge is 2.33. The van der Waals surface area contributed by atoms with Gasteiger partial charge in [0.25, 0.3) is 0 Å². The summed E-state index contributed by atoms with van der Waals surface area (Å²) in [5.74, 6) is 1.01. The number of rotatable bonds is 8. The lowest BCUT2D eigenvalue weighted by Crippen LogP contribution is -2.41. The Morgan fingerprint density at radius 3 is 2.58 bits per heavy atom. The summed E-state index contributed by atoms with van der Waals surface area (Å²) in [6.07, 6.45) is 1.35. The van der Waals surface area contributed by atoms with Crippen LogP contribution in [-0.2, 0) is 16.1 Å². The number of aromatic nitrogens is 1. The largest absolute Gasteiger partial charge is 0.458 e. The van der Waals surface area contributed by atoms with Gasteiger partial charge in [0.05, 0.1) is 12.0 Å². The van der Waals surface area contributed by atoms with Crippen LogP contribution in [0, 0.1) is 5.41 Å². The highest BCUT2D eigenvalue weighted by Crippen LogP contribution is 2.30. The molecule has 0 aliphatic heterocycles. The number of nitrogens with one attached hydrogen (secondary N) is 2. The molecule has 2 aromatic heterocycles. The summed E-state index contributed by atoms with van der Waals surface area (Å²) >= 11 is 1.33. The second-order valence-electron chi connectivity index (χ2n) is 5.86. The van der Waals surface area contributed by atoms with Crippen molar-refractivity contribution in [3.63, 3.8) is 0 Å². The van der Waals surface area contributed by atoms with Crippen LogP contribution in [0.1, 0.15) is 39.4 Å². The van der Waals surface area contributed by atoms with Gasteiger partial charge in [-0.3, -0.25) is 9.59 Å². The highest BCUT2D eigenvalue weighted by atomic mass is 35.5. The van der Waals surface area contributed by atoms with Crippen molar-refractivity contribution in [2.75, 3.05) is 11.9 Å². The van der Waals surface area contributed by atoms with Gasteiger partial charge in [0, 0.05) is 18.8 Å². The van der Waals surface area contributed by atoms with E-state index in [2.05, 4.69) is 15.6 Å². The molecule has 0 fully saturated rings. The number of nitrogens with zero attached hydrogens (tertiary/aromatic N) is 1. The summed E-state index contributed by atoms with van der Waals surface area (Å²) in [6.45, 7) is 6.00. The first-order chi connectivity index (χ1) is 11.9. The van der Waals surface area contributed by atoms with E-state index in [0.29, 0.717) is 48.3 Å². The van der Waals surface area contributed by atoms with Gasteiger partial charge in [-0.1, -0.05) is 13.8 Å². The van der Waals surface area contributed by atoms with E-state index in [9.17, 15) is 9.59 Å². The van der Waals surface area contributed by atoms with Crippen molar-refractivity contribution in [2.24, 2.45) is 11.1 Å². The smallest absolute Gasteiger partial charge is 0.233 e. The molecule has 0 saturated heterocycles. The lowest BCUT2D eigenvalue weighted by Gasteiger charge is -2.27. The van der Waals surface area contributed by atoms with Crippen LogP contribution in [0.3, 0.4) is 0 Å². The van der Waals surface area contributed by atoms with Crippen LogP contribution >= 0.6 is 23.7 Å². The van der Waals surface area contributed by atoms with Crippen molar-refractivity contribution < 1.29 is 14.0 Å². The van der Waals surface area contributed by atoms with E-state index in [1.807, 2.05) is 19.2 Å². The highest BCUT2D eigenvalue weighted by molar-refractivity contribution is 7.14. The van der Waals surface area contributed by atoms with E-state index in [4.69, 9.17) is 10.2 Å². The molecule has 0 atom stereocenters. The molecule has 0 bridgehead atoms. The average Bonchev–Trinajstić information content (AvgIpc) is 3.24. The number of furan rings is 1. The van der Waals surface area contributed by atoms with Gasteiger partial charge in [-0.05, 0) is 25.0 Å². The van der Waals surface area contributed by atoms with Crippen LogP contribution in [0.15, 0.2) is 21.9 Å². The normalized spacial score (nSPS) is 10.9. The molecule has 26 heavy (non-hydrogen) atoms. The van der Waals surface area contributed by atoms with Gasteiger partial charge in [-0.25, -0.2) is 4.98 Å². The molecule has 0 aliphatic rings. The Kier molecular flexibility index (Phi) is 8.26. The summed E-state index contributed by atoms with van der Waals surface area (Å²) in [7, 11) is 0. The molecule has 0 spiro atoms. The minimum Gasteiger partial charge on any atom is -0.458 e. The molecule has 2 heterocycles. The summed E-state index contributed by atoms with van der Waals surface area (Å²) in [6, 6.07) is 3.58. The molecule has 0 saturated carbocycles. The summed E-state index contributed by atoms with van der Waals surface area (Å²) in [5.41, 5.74) is 5.88. The number of carbonyl (C=O) groups is 2. The number of halogens is 1. The number of hydrogen-bond acceptors (Lipinski definition) is 6. The maximum absolute atomic E-state index is 12.5. The van der Waals surface area contributed by atoms with Gasteiger partial charge in [0.1, 0.15) is 11.5 Å². The van der Waals surface area contributed by atoms with E-state index < -0.39 is 5.41 Å². The van der Waals surface area contributed by atoms with E-state index in [1.165, 1.54) is 18.3 Å². The second-order valence-corrected chi connectivity index (χ2v) is 6.72. The van der Waals surface area contributed by atoms with Gasteiger partial charge >= 0.3 is 0 Å². The maximum atomic E-state index is 12.5. The quantitative estimate of drug-likeness (QED) is 0.630. The Morgan fingerprint density at radius 2 is 2.00 bits per heavy atom. The topological polar surface area (TPSA) is 110 Å². The minimum absolute atomic E-state index is 0. The number of thiazole rings is 1. The molecule has 144 valence electrons. The van der Waals surface area contributed by atoms with Crippen molar-refractivity contribution in [1.29, 1.82) is 0 Å².